The molecule has 26 heavy (non-hydrogen) atoms. The van der Waals surface area contributed by atoms with Crippen LogP contribution in [-0.4, -0.2) is 22.8 Å². The maximum absolute atomic E-state index is 12.5. The van der Waals surface area contributed by atoms with E-state index in [0.717, 1.165) is 22.0 Å². The highest BCUT2D eigenvalue weighted by molar-refractivity contribution is 7.14. The van der Waals surface area contributed by atoms with Crippen LogP contribution in [0.5, 0.6) is 0 Å². The van der Waals surface area contributed by atoms with Crippen molar-refractivity contribution in [3.05, 3.63) is 47.8 Å². The first-order valence-electron chi connectivity index (χ1n) is 8.47. The first-order valence-corrected chi connectivity index (χ1v) is 9.35. The lowest BCUT2D eigenvalue weighted by atomic mass is 10.0. The SMILES string of the molecule is CC(=O)NC(C(=O)Nc1nc(-c2cccc3ccccc23)cs1)C(C)C. The number of nitrogens with one attached hydrogen (secondary N) is 2. The zero-order valence-electron chi connectivity index (χ0n) is 14.9. The average molecular weight is 367 g/mol. The zero-order valence-corrected chi connectivity index (χ0v) is 15.8. The van der Waals surface area contributed by atoms with Crippen molar-refractivity contribution in [1.82, 2.24) is 10.3 Å². The van der Waals surface area contributed by atoms with Crippen molar-refractivity contribution >= 4 is 39.1 Å². The Bertz CT molecular complexity index is 944. The van der Waals surface area contributed by atoms with Gasteiger partial charge in [0.05, 0.1) is 5.69 Å². The van der Waals surface area contributed by atoms with Crippen LogP contribution < -0.4 is 10.6 Å². The molecule has 0 aliphatic heterocycles. The van der Waals surface area contributed by atoms with Crippen LogP contribution in [0, 0.1) is 5.92 Å². The standard InChI is InChI=1S/C20H21N3O2S/c1-12(2)18(21-13(3)24)19(25)23-20-22-17(11-26-20)16-10-6-8-14-7-4-5-9-15(14)16/h4-12,18H,1-3H3,(H,21,24)(H,22,23,25). The lowest BCUT2D eigenvalue weighted by Gasteiger charge is -2.20. The quantitative estimate of drug-likeness (QED) is 0.714. The summed E-state index contributed by atoms with van der Waals surface area (Å²) in [6.45, 7) is 5.19. The van der Waals surface area contributed by atoms with Crippen LogP contribution in [0.2, 0.25) is 0 Å². The van der Waals surface area contributed by atoms with Crippen LogP contribution in [0.4, 0.5) is 5.13 Å². The first-order chi connectivity index (χ1) is 12.5. The minimum absolute atomic E-state index is 0.0172. The maximum Gasteiger partial charge on any atom is 0.248 e. The van der Waals surface area contributed by atoms with E-state index in [9.17, 15) is 9.59 Å². The van der Waals surface area contributed by atoms with Crippen molar-refractivity contribution in [2.24, 2.45) is 5.92 Å². The van der Waals surface area contributed by atoms with E-state index in [1.54, 1.807) is 0 Å². The molecular weight excluding hydrogens is 346 g/mol. The molecule has 1 unspecified atom stereocenters. The summed E-state index contributed by atoms with van der Waals surface area (Å²) in [5, 5.41) is 10.2. The second-order valence-corrected chi connectivity index (χ2v) is 7.33. The first kappa shape index (κ1) is 18.1. The minimum Gasteiger partial charge on any atom is -0.344 e. The molecule has 6 heteroatoms. The molecule has 0 radical (unpaired) electrons. The smallest absolute Gasteiger partial charge is 0.248 e. The van der Waals surface area contributed by atoms with Gasteiger partial charge in [-0.15, -0.1) is 11.3 Å². The Morgan fingerprint density at radius 1 is 1.08 bits per heavy atom. The van der Waals surface area contributed by atoms with Gasteiger partial charge in [-0.2, -0.15) is 0 Å². The molecule has 0 saturated heterocycles. The number of nitrogens with zero attached hydrogens (tertiary/aromatic N) is 1. The summed E-state index contributed by atoms with van der Waals surface area (Å²) < 4.78 is 0. The van der Waals surface area contributed by atoms with E-state index < -0.39 is 6.04 Å². The largest absolute Gasteiger partial charge is 0.344 e. The van der Waals surface area contributed by atoms with Gasteiger partial charge in [-0.3, -0.25) is 9.59 Å². The van der Waals surface area contributed by atoms with Gasteiger partial charge in [-0.05, 0) is 16.7 Å². The van der Waals surface area contributed by atoms with Gasteiger partial charge in [0.1, 0.15) is 6.04 Å². The molecule has 0 saturated carbocycles. The molecule has 5 nitrogen and oxygen atoms in total. The van der Waals surface area contributed by atoms with Gasteiger partial charge < -0.3 is 10.6 Å². The number of rotatable bonds is 5. The highest BCUT2D eigenvalue weighted by atomic mass is 32.1. The molecule has 1 atom stereocenters. The number of carbonyl (C=O) groups excluding carboxylic acids is 2. The van der Waals surface area contributed by atoms with Gasteiger partial charge in [0.15, 0.2) is 5.13 Å². The third kappa shape index (κ3) is 3.91. The Morgan fingerprint density at radius 3 is 2.54 bits per heavy atom. The van der Waals surface area contributed by atoms with Crippen molar-refractivity contribution < 1.29 is 9.59 Å². The molecule has 1 aromatic heterocycles. The Morgan fingerprint density at radius 2 is 1.81 bits per heavy atom. The summed E-state index contributed by atoms with van der Waals surface area (Å²) >= 11 is 1.37. The van der Waals surface area contributed by atoms with Gasteiger partial charge in [-0.1, -0.05) is 56.3 Å². The maximum atomic E-state index is 12.5. The van der Waals surface area contributed by atoms with Gasteiger partial charge in [0, 0.05) is 17.9 Å². The van der Waals surface area contributed by atoms with Crippen molar-refractivity contribution in [2.45, 2.75) is 26.8 Å². The Hall–Kier alpha value is -2.73. The molecule has 2 N–H and O–H groups in total. The summed E-state index contributed by atoms with van der Waals surface area (Å²) in [5.41, 5.74) is 1.85. The van der Waals surface area contributed by atoms with Gasteiger partial charge in [0.25, 0.3) is 0 Å². The molecule has 2 amide bonds. The highest BCUT2D eigenvalue weighted by Crippen LogP contribution is 2.31. The number of aromatic nitrogens is 1. The van der Waals surface area contributed by atoms with E-state index in [0.29, 0.717) is 5.13 Å². The minimum atomic E-state index is -0.586. The van der Waals surface area contributed by atoms with Crippen molar-refractivity contribution in [3.8, 4) is 11.3 Å². The third-order valence-electron chi connectivity index (χ3n) is 4.11. The van der Waals surface area contributed by atoms with Gasteiger partial charge in [0.2, 0.25) is 11.8 Å². The van der Waals surface area contributed by atoms with Crippen molar-refractivity contribution in [1.29, 1.82) is 0 Å². The molecular formula is C20H21N3O2S. The lowest BCUT2D eigenvalue weighted by molar-refractivity contribution is -0.126. The number of anilines is 1. The fourth-order valence-electron chi connectivity index (χ4n) is 2.84. The van der Waals surface area contributed by atoms with E-state index in [2.05, 4.69) is 33.8 Å². The number of fused-ring (bicyclic) bond motifs is 1. The second-order valence-electron chi connectivity index (χ2n) is 6.48. The van der Waals surface area contributed by atoms with Gasteiger partial charge >= 0.3 is 0 Å². The molecule has 3 aromatic rings. The summed E-state index contributed by atoms with van der Waals surface area (Å²) in [5.74, 6) is -0.500. The summed E-state index contributed by atoms with van der Waals surface area (Å²) in [7, 11) is 0. The van der Waals surface area contributed by atoms with E-state index in [-0.39, 0.29) is 17.7 Å². The Labute approximate surface area is 156 Å². The number of hydrogen-bond donors (Lipinski definition) is 2. The molecule has 0 bridgehead atoms. The number of amides is 2. The summed E-state index contributed by atoms with van der Waals surface area (Å²) in [4.78, 5) is 28.4. The van der Waals surface area contributed by atoms with Gasteiger partial charge in [-0.25, -0.2) is 4.98 Å². The topological polar surface area (TPSA) is 71.1 Å². The summed E-state index contributed by atoms with van der Waals surface area (Å²) in [6, 6.07) is 13.6. The number of hydrogen-bond acceptors (Lipinski definition) is 4. The average Bonchev–Trinajstić information content (AvgIpc) is 3.07. The second kappa shape index (κ2) is 7.66. The van der Waals surface area contributed by atoms with E-state index in [4.69, 9.17) is 0 Å². The Kier molecular flexibility index (Phi) is 5.32. The van der Waals surface area contributed by atoms with E-state index in [1.165, 1.54) is 18.3 Å². The molecule has 3 rings (SSSR count). The summed E-state index contributed by atoms with van der Waals surface area (Å²) in [6.07, 6.45) is 0. The predicted octanol–water partition coefficient (Wildman–Crippen LogP) is 4.06. The van der Waals surface area contributed by atoms with Crippen LogP contribution in [0.25, 0.3) is 22.0 Å². The molecule has 0 aliphatic rings. The molecule has 134 valence electrons. The van der Waals surface area contributed by atoms with Crippen LogP contribution >= 0.6 is 11.3 Å². The van der Waals surface area contributed by atoms with Crippen LogP contribution in [-0.2, 0) is 9.59 Å². The van der Waals surface area contributed by atoms with Crippen molar-refractivity contribution in [3.63, 3.8) is 0 Å². The van der Waals surface area contributed by atoms with Crippen LogP contribution in [0.15, 0.2) is 47.8 Å². The third-order valence-corrected chi connectivity index (χ3v) is 4.87. The van der Waals surface area contributed by atoms with Crippen LogP contribution in [0.3, 0.4) is 0 Å². The van der Waals surface area contributed by atoms with Crippen LogP contribution in [0.1, 0.15) is 20.8 Å². The normalized spacial score (nSPS) is 12.2. The molecule has 1 heterocycles. The number of carbonyl (C=O) groups is 2. The van der Waals surface area contributed by atoms with E-state index >= 15 is 0 Å². The zero-order chi connectivity index (χ0) is 18.7. The lowest BCUT2D eigenvalue weighted by Crippen LogP contribution is -2.46. The monoisotopic (exact) mass is 367 g/mol. The van der Waals surface area contributed by atoms with E-state index in [1.807, 2.05) is 43.5 Å². The molecule has 0 spiro atoms. The molecule has 0 aliphatic carbocycles. The highest BCUT2D eigenvalue weighted by Gasteiger charge is 2.24. The fraction of sp³-hybridized carbons (Fsp3) is 0.250. The number of thiazole rings is 1. The number of benzene rings is 2. The molecule has 2 aromatic carbocycles. The van der Waals surface area contributed by atoms with Crippen molar-refractivity contribution in [2.75, 3.05) is 5.32 Å². The fourth-order valence-corrected chi connectivity index (χ4v) is 3.55. The Balaban J connectivity index is 1.83. The predicted molar refractivity (Wildman–Crippen MR) is 106 cm³/mol. The molecule has 0 fully saturated rings.